The van der Waals surface area contributed by atoms with Crippen molar-refractivity contribution in [2.75, 3.05) is 12.3 Å². The van der Waals surface area contributed by atoms with Crippen molar-refractivity contribution in [3.8, 4) is 5.75 Å². The summed E-state index contributed by atoms with van der Waals surface area (Å²) in [6, 6.07) is 7.37. The third-order valence-corrected chi connectivity index (χ3v) is 8.29. The maximum absolute atomic E-state index is 12.5. The number of aromatic amines is 1. The van der Waals surface area contributed by atoms with Gasteiger partial charge in [-0.2, -0.15) is 4.98 Å². The normalized spacial score (nSPS) is 24.5. The number of aromatic nitrogens is 4. The summed E-state index contributed by atoms with van der Waals surface area (Å²) in [5, 5.41) is 28.4. The van der Waals surface area contributed by atoms with Crippen LogP contribution in [0, 0.1) is 0 Å². The Hall–Kier alpha value is -3.60. The van der Waals surface area contributed by atoms with Gasteiger partial charge in [-0.25, -0.2) is 10.1 Å². The highest BCUT2D eigenvalue weighted by Crippen LogP contribution is 2.48. The number of nitrogens with two attached hydrogens (primary N) is 1. The number of anilines is 1. The summed E-state index contributed by atoms with van der Waals surface area (Å²) >= 11 is 5.67. The Labute approximate surface area is 237 Å². The quantitative estimate of drug-likeness (QED) is 0.0675. The van der Waals surface area contributed by atoms with Gasteiger partial charge in [0.2, 0.25) is 11.7 Å². The molecule has 17 nitrogen and oxygen atoms in total. The van der Waals surface area contributed by atoms with Gasteiger partial charge in [-0.1, -0.05) is 23.3 Å². The number of hydrogen-bond donors (Lipinski definition) is 5. The summed E-state index contributed by atoms with van der Waals surface area (Å²) < 4.78 is 24.1. The van der Waals surface area contributed by atoms with Gasteiger partial charge >= 0.3 is 12.6 Å². The van der Waals surface area contributed by atoms with Crippen molar-refractivity contribution in [3.63, 3.8) is 0 Å². The number of nitrogens with one attached hydrogen (secondary N) is 2. The SMILES string of the molecule is CC(C)OC(=O)[C@@H](C)NP(=S)(OC[C@]1(N=[N+]=[N-])O[C@H](n2cnc3c(=O)[nH]c(N)nc32)[C@@H](O)[C@H]1O)Oc1ccccc1. The summed E-state index contributed by atoms with van der Waals surface area (Å²) in [6.45, 7) is 0.486. The number of ether oxygens (including phenoxy) is 2. The van der Waals surface area contributed by atoms with E-state index in [1.54, 1.807) is 44.2 Å². The highest BCUT2D eigenvalue weighted by atomic mass is 32.5. The number of H-pyrrole nitrogens is 1. The van der Waals surface area contributed by atoms with Crippen molar-refractivity contribution in [2.24, 2.45) is 5.11 Å². The fraction of sp³-hybridized carbons (Fsp3) is 0.455. The van der Waals surface area contributed by atoms with Crippen molar-refractivity contribution in [3.05, 3.63) is 57.5 Å². The minimum Gasteiger partial charge on any atom is -0.462 e. The maximum Gasteiger partial charge on any atom is 0.323 e. The number of azide groups is 1. The lowest BCUT2D eigenvalue weighted by Gasteiger charge is -2.31. The summed E-state index contributed by atoms with van der Waals surface area (Å²) in [4.78, 5) is 37.8. The molecule has 1 unspecified atom stereocenters. The number of para-hydroxylation sites is 1. The molecule has 1 aliphatic heterocycles. The third kappa shape index (κ3) is 6.50. The Bertz CT molecular complexity index is 1560. The lowest BCUT2D eigenvalue weighted by Crippen LogP contribution is -2.45. The van der Waals surface area contributed by atoms with Crippen LogP contribution in [-0.2, 0) is 30.6 Å². The van der Waals surface area contributed by atoms with Gasteiger partial charge in [0.25, 0.3) is 5.56 Å². The number of carbonyl (C=O) groups is 1. The minimum atomic E-state index is -3.66. The molecule has 6 N–H and O–H groups in total. The Morgan fingerprint density at radius 1 is 1.39 bits per heavy atom. The molecule has 1 fully saturated rings. The first kappa shape index (κ1) is 30.4. The average molecular weight is 610 g/mol. The second-order valence-corrected chi connectivity index (χ2v) is 12.4. The van der Waals surface area contributed by atoms with Crippen LogP contribution in [0.4, 0.5) is 5.95 Å². The predicted octanol–water partition coefficient (Wildman–Crippen LogP) is 1.21. The Kier molecular flexibility index (Phi) is 8.96. The van der Waals surface area contributed by atoms with E-state index in [1.165, 1.54) is 6.92 Å². The second-order valence-electron chi connectivity index (χ2n) is 9.26. The number of nitrogen functional groups attached to an aromatic ring is 1. The molecule has 3 heterocycles. The first-order valence-electron chi connectivity index (χ1n) is 12.2. The molecule has 220 valence electrons. The molecule has 1 saturated heterocycles. The molecule has 0 bridgehead atoms. The number of esters is 1. The Morgan fingerprint density at radius 2 is 2.10 bits per heavy atom. The molecule has 41 heavy (non-hydrogen) atoms. The van der Waals surface area contributed by atoms with E-state index in [0.29, 0.717) is 5.75 Å². The van der Waals surface area contributed by atoms with E-state index in [1.807, 2.05) is 0 Å². The third-order valence-electron chi connectivity index (χ3n) is 5.81. The summed E-state index contributed by atoms with van der Waals surface area (Å²) in [7, 11) is 0. The van der Waals surface area contributed by atoms with Crippen molar-refractivity contribution >= 4 is 41.5 Å². The average Bonchev–Trinajstić information content (AvgIpc) is 3.43. The fourth-order valence-electron chi connectivity index (χ4n) is 3.94. The van der Waals surface area contributed by atoms with E-state index in [-0.39, 0.29) is 17.1 Å². The summed E-state index contributed by atoms with van der Waals surface area (Å²) in [5.74, 6) is -0.548. The standard InChI is InChI=1S/C22H28N9O8PS/c1-11(2)37-20(35)12(3)28-40(41,39-13-7-5-4-6-8-13)36-9-22(29-30-24)16(33)15(32)19(38-22)31-10-25-14-17(31)26-21(23)27-18(14)34/h4-8,10-12,15-16,19,32-33H,9H2,1-3H3,(H,28,41)(H3,23,26,27,34)/t12-,15+,16-,19+,22+,40?/m1/s1. The molecule has 1 aromatic carbocycles. The summed E-state index contributed by atoms with van der Waals surface area (Å²) in [6.07, 6.45) is -4.27. The Balaban J connectivity index is 1.64. The number of benzene rings is 1. The molecule has 0 aliphatic carbocycles. The predicted molar refractivity (Wildman–Crippen MR) is 148 cm³/mol. The molecule has 0 radical (unpaired) electrons. The molecule has 6 atom stereocenters. The molecular weight excluding hydrogens is 581 g/mol. The van der Waals surface area contributed by atoms with Crippen molar-refractivity contribution in [1.82, 2.24) is 24.6 Å². The molecule has 4 rings (SSSR count). The molecule has 0 saturated carbocycles. The van der Waals surface area contributed by atoms with Crippen LogP contribution in [0.2, 0.25) is 0 Å². The highest BCUT2D eigenvalue weighted by Gasteiger charge is 2.56. The number of rotatable bonds is 11. The number of hydrogen-bond acceptors (Lipinski definition) is 13. The second kappa shape index (κ2) is 12.1. The number of aliphatic hydroxyl groups is 2. The zero-order chi connectivity index (χ0) is 29.9. The zero-order valence-electron chi connectivity index (χ0n) is 22.0. The van der Waals surface area contributed by atoms with Crippen molar-refractivity contribution in [2.45, 2.75) is 57.1 Å². The minimum absolute atomic E-state index is 0.0585. The number of aliphatic hydroxyl groups excluding tert-OH is 2. The lowest BCUT2D eigenvalue weighted by molar-refractivity contribution is -0.149. The van der Waals surface area contributed by atoms with Gasteiger partial charge in [0.05, 0.1) is 19.0 Å². The largest absolute Gasteiger partial charge is 0.462 e. The zero-order valence-corrected chi connectivity index (χ0v) is 23.7. The van der Waals surface area contributed by atoms with E-state index in [4.69, 9.17) is 36.1 Å². The van der Waals surface area contributed by atoms with Gasteiger partial charge in [0, 0.05) is 4.91 Å². The van der Waals surface area contributed by atoms with Gasteiger partial charge in [-0.15, -0.1) is 0 Å². The first-order valence-corrected chi connectivity index (χ1v) is 14.8. The molecule has 1 aliphatic rings. The smallest absolute Gasteiger partial charge is 0.323 e. The number of imidazole rings is 1. The van der Waals surface area contributed by atoms with E-state index in [0.717, 1.165) is 10.9 Å². The highest BCUT2D eigenvalue weighted by molar-refractivity contribution is 8.09. The number of carbonyl (C=O) groups excluding carboxylic acids is 1. The van der Waals surface area contributed by atoms with Crippen LogP contribution in [0.3, 0.4) is 0 Å². The van der Waals surface area contributed by atoms with Crippen molar-refractivity contribution < 1.29 is 33.5 Å². The monoisotopic (exact) mass is 609 g/mol. The van der Waals surface area contributed by atoms with E-state index in [9.17, 15) is 25.3 Å². The molecule has 0 spiro atoms. The number of fused-ring (bicyclic) bond motifs is 1. The van der Waals surface area contributed by atoms with Crippen LogP contribution in [0.5, 0.6) is 5.75 Å². The van der Waals surface area contributed by atoms with Crippen LogP contribution in [0.15, 0.2) is 46.6 Å². The van der Waals surface area contributed by atoms with Gasteiger partial charge < -0.3 is 34.5 Å². The van der Waals surface area contributed by atoms with E-state index in [2.05, 4.69) is 30.1 Å². The summed E-state index contributed by atoms with van der Waals surface area (Å²) in [5.41, 5.74) is 11.9. The molecule has 3 aromatic rings. The van der Waals surface area contributed by atoms with Crippen LogP contribution < -0.4 is 20.9 Å². The van der Waals surface area contributed by atoms with Crippen LogP contribution >= 0.6 is 6.64 Å². The first-order chi connectivity index (χ1) is 19.4. The molecule has 2 aromatic heterocycles. The fourth-order valence-corrected chi connectivity index (χ4v) is 6.34. The Morgan fingerprint density at radius 3 is 2.76 bits per heavy atom. The van der Waals surface area contributed by atoms with Gasteiger partial charge in [-0.3, -0.25) is 19.1 Å². The van der Waals surface area contributed by atoms with Gasteiger partial charge in [-0.05, 0) is 50.2 Å². The molecule has 0 amide bonds. The van der Waals surface area contributed by atoms with E-state index < -0.39 is 61.1 Å². The topological polar surface area (TPSA) is 245 Å². The number of nitrogens with zero attached hydrogens (tertiary/aromatic N) is 6. The molecular formula is C22H28N9O8PS. The van der Waals surface area contributed by atoms with Gasteiger partial charge in [0.15, 0.2) is 17.4 Å². The van der Waals surface area contributed by atoms with Crippen LogP contribution in [-0.4, -0.2) is 72.4 Å². The van der Waals surface area contributed by atoms with E-state index >= 15 is 0 Å². The van der Waals surface area contributed by atoms with Gasteiger partial charge in [0.1, 0.15) is 24.0 Å². The molecule has 19 heteroatoms. The van der Waals surface area contributed by atoms with Crippen molar-refractivity contribution in [1.29, 1.82) is 0 Å². The van der Waals surface area contributed by atoms with Crippen LogP contribution in [0.25, 0.3) is 21.6 Å². The maximum atomic E-state index is 12.5. The van der Waals surface area contributed by atoms with Crippen LogP contribution in [0.1, 0.15) is 27.0 Å². The lowest BCUT2D eigenvalue weighted by atomic mass is 10.1.